The topological polar surface area (TPSA) is 124 Å². The number of carbonyl (C=O) groups excluding carboxylic acids is 4. The number of fused-ring (bicyclic) bond motifs is 7. The van der Waals surface area contributed by atoms with Gasteiger partial charge >= 0.3 is 65.1 Å². The Morgan fingerprint density at radius 1 is 0.860 bits per heavy atom. The van der Waals surface area contributed by atoms with Crippen molar-refractivity contribution in [3.63, 3.8) is 0 Å². The Bertz CT molecular complexity index is 1210. The smallest absolute Gasteiger partial charge is 0.550 e. The van der Waals surface area contributed by atoms with Crippen molar-refractivity contribution in [2.45, 2.75) is 125 Å². The summed E-state index contributed by atoms with van der Waals surface area (Å²) in [7, 11) is 0. The van der Waals surface area contributed by atoms with E-state index in [9.17, 15) is 29.4 Å². The number of rotatable bonds is 5. The first-order valence-electron chi connectivity index (χ1n) is 15.7. The second-order valence-electron chi connectivity index (χ2n) is 16.3. The minimum atomic E-state index is -1.26. The predicted molar refractivity (Wildman–Crippen MR) is 149 cm³/mol. The molecule has 0 spiro atoms. The molecule has 4 fully saturated rings. The zero-order valence-electron chi connectivity index (χ0n) is 28.0. The summed E-state index contributed by atoms with van der Waals surface area (Å²) < 4.78 is 5.87. The van der Waals surface area contributed by atoms with E-state index < -0.39 is 23.3 Å². The van der Waals surface area contributed by atoms with E-state index >= 15 is 0 Å². The van der Waals surface area contributed by atoms with Crippen LogP contribution in [0.25, 0.3) is 0 Å². The molecule has 228 valence electrons. The van der Waals surface area contributed by atoms with Gasteiger partial charge in [0.05, 0.1) is 6.42 Å². The number of ether oxygens (including phenoxy) is 1. The molecule has 0 aromatic rings. The minimum absolute atomic E-state index is 0. The molecule has 43 heavy (non-hydrogen) atoms. The van der Waals surface area contributed by atoms with E-state index in [1.54, 1.807) is 0 Å². The quantitative estimate of drug-likeness (QED) is 0.264. The van der Waals surface area contributed by atoms with Crippen molar-refractivity contribution in [3.8, 4) is 0 Å². The van der Waals surface area contributed by atoms with Gasteiger partial charge in [0.15, 0.2) is 5.78 Å². The van der Waals surface area contributed by atoms with Crippen LogP contribution in [0.3, 0.4) is 0 Å². The van der Waals surface area contributed by atoms with E-state index in [2.05, 4.69) is 41.5 Å². The molecule has 0 aromatic carbocycles. The fourth-order valence-electron chi connectivity index (χ4n) is 11.0. The van der Waals surface area contributed by atoms with Crippen molar-refractivity contribution in [2.24, 2.45) is 50.2 Å². The summed E-state index contributed by atoms with van der Waals surface area (Å²) in [4.78, 5) is 50.0. The van der Waals surface area contributed by atoms with E-state index in [-0.39, 0.29) is 129 Å². The maximum Gasteiger partial charge on any atom is 1.00 e. The number of hydrogen-bond acceptors (Lipinski definition) is 7. The van der Waals surface area contributed by atoms with Crippen LogP contribution in [0.4, 0.5) is 0 Å². The molecule has 0 N–H and O–H groups in total. The number of carboxylic acids is 2. The van der Waals surface area contributed by atoms with Gasteiger partial charge in [0.1, 0.15) is 6.10 Å². The number of carboxylic acid groups (broad SMARTS) is 2. The molecule has 0 saturated heterocycles. The molecule has 0 aliphatic heterocycles. The van der Waals surface area contributed by atoms with Crippen LogP contribution < -0.4 is 69.3 Å². The number of ketones is 1. The number of hydrogen-bond donors (Lipinski definition) is 0. The Labute approximate surface area is 301 Å². The first kappa shape index (κ1) is 37.3. The number of esters is 1. The molecule has 5 aliphatic carbocycles. The summed E-state index contributed by atoms with van der Waals surface area (Å²) in [6.45, 7) is 15.3. The molecule has 0 heterocycles. The van der Waals surface area contributed by atoms with Crippen molar-refractivity contribution in [1.29, 1.82) is 0 Å². The standard InChI is InChI=1S/C34H50O7.2Na/c1-29(2)23-10-13-34(7)27(32(23,5)12-11-24(29)41-26(38)9-8-25(36)37)22(35)18-20-21-19-31(4,28(39)40)15-14-30(21,3)16-17-33(20,34)6;;/h18,21,23-24,27H,8-17,19H2,1-7H3,(H,36,37)(H,39,40);;/q;2*+1/p-2/t21-,23-,24-,27?,30+,31+,32-,33+,34+;;/m0../s1. The third-order valence-electron chi connectivity index (χ3n) is 13.8. The van der Waals surface area contributed by atoms with Crippen LogP contribution in [0, 0.1) is 50.2 Å². The van der Waals surface area contributed by atoms with Gasteiger partial charge in [-0.1, -0.05) is 54.0 Å². The summed E-state index contributed by atoms with van der Waals surface area (Å²) in [6, 6.07) is 0. The molecule has 0 amide bonds. The summed E-state index contributed by atoms with van der Waals surface area (Å²) >= 11 is 0. The monoisotopic (exact) mass is 614 g/mol. The van der Waals surface area contributed by atoms with Gasteiger partial charge < -0.3 is 24.5 Å². The van der Waals surface area contributed by atoms with E-state index in [1.165, 1.54) is 5.57 Å². The van der Waals surface area contributed by atoms with Gasteiger partial charge in [0, 0.05) is 28.7 Å². The van der Waals surface area contributed by atoms with Crippen LogP contribution in [-0.4, -0.2) is 29.8 Å². The molecule has 5 rings (SSSR count). The first-order valence-corrected chi connectivity index (χ1v) is 15.7. The van der Waals surface area contributed by atoms with E-state index in [4.69, 9.17) is 4.74 Å². The summed E-state index contributed by atoms with van der Waals surface area (Å²) in [5, 5.41) is 23.1. The first-order chi connectivity index (χ1) is 18.8. The second-order valence-corrected chi connectivity index (χ2v) is 16.3. The van der Waals surface area contributed by atoms with Gasteiger partial charge in [-0.25, -0.2) is 0 Å². The van der Waals surface area contributed by atoms with Crippen LogP contribution in [0.15, 0.2) is 11.6 Å². The van der Waals surface area contributed by atoms with Gasteiger partial charge in [-0.05, 0) is 104 Å². The Morgan fingerprint density at radius 3 is 2.09 bits per heavy atom. The largest absolute Gasteiger partial charge is 1.00 e. The zero-order valence-corrected chi connectivity index (χ0v) is 32.0. The molecule has 9 atom stereocenters. The van der Waals surface area contributed by atoms with Gasteiger partial charge in [-0.3, -0.25) is 9.59 Å². The van der Waals surface area contributed by atoms with Crippen molar-refractivity contribution in [1.82, 2.24) is 0 Å². The average molecular weight is 615 g/mol. The molecule has 7 nitrogen and oxygen atoms in total. The number of aliphatic carboxylic acids is 2. The van der Waals surface area contributed by atoms with Gasteiger partial charge in [-0.15, -0.1) is 0 Å². The summed E-state index contributed by atoms with van der Waals surface area (Å²) in [5.74, 6) is -2.53. The van der Waals surface area contributed by atoms with E-state index in [0.717, 1.165) is 38.5 Å². The molecular weight excluding hydrogens is 566 g/mol. The predicted octanol–water partition coefficient (Wildman–Crippen LogP) is -1.83. The van der Waals surface area contributed by atoms with Gasteiger partial charge in [-0.2, -0.15) is 0 Å². The molecule has 4 saturated carbocycles. The van der Waals surface area contributed by atoms with Gasteiger partial charge in [0.2, 0.25) is 0 Å². The Hall–Kier alpha value is -0.180. The maximum atomic E-state index is 14.4. The van der Waals surface area contributed by atoms with Crippen molar-refractivity contribution in [3.05, 3.63) is 11.6 Å². The molecule has 1 unspecified atom stereocenters. The SMILES string of the molecule is CC1(C)[C@@H](OC(=O)CCC(=O)[O-])CC[C@]2(C)C3C(=O)C=C4[C@@H]5C[C@](C)(C(=O)[O-])CC[C@]5(C)CC[C@@]4(C)[C@]3(C)CC[C@@H]12.[Na+].[Na+]. The third kappa shape index (κ3) is 5.60. The van der Waals surface area contributed by atoms with Crippen LogP contribution in [0.1, 0.15) is 119 Å². The van der Waals surface area contributed by atoms with E-state index in [0.29, 0.717) is 19.3 Å². The van der Waals surface area contributed by atoms with Crippen LogP contribution in [0.2, 0.25) is 0 Å². The van der Waals surface area contributed by atoms with Gasteiger partial charge in [0.25, 0.3) is 0 Å². The Morgan fingerprint density at radius 2 is 1.49 bits per heavy atom. The van der Waals surface area contributed by atoms with Crippen LogP contribution >= 0.6 is 0 Å². The molecule has 9 heteroatoms. The number of allylic oxidation sites excluding steroid dienone is 2. The number of carbonyl (C=O) groups is 4. The summed E-state index contributed by atoms with van der Waals surface area (Å²) in [5.41, 5.74) is -0.823. The van der Waals surface area contributed by atoms with Crippen molar-refractivity contribution in [2.75, 3.05) is 0 Å². The maximum absolute atomic E-state index is 14.4. The fourth-order valence-corrected chi connectivity index (χ4v) is 11.0. The molecular formula is C34H48Na2O7. The molecule has 0 radical (unpaired) electrons. The van der Waals surface area contributed by atoms with Crippen molar-refractivity contribution < 1.29 is 93.2 Å². The summed E-state index contributed by atoms with van der Waals surface area (Å²) in [6.07, 6.45) is 8.26. The minimum Gasteiger partial charge on any atom is -0.550 e. The third-order valence-corrected chi connectivity index (χ3v) is 13.8. The van der Waals surface area contributed by atoms with Crippen LogP contribution in [-0.2, 0) is 23.9 Å². The normalized spacial score (nSPS) is 44.4. The zero-order chi connectivity index (χ0) is 30.4. The molecule has 0 aromatic heterocycles. The van der Waals surface area contributed by atoms with E-state index in [1.807, 2.05) is 13.0 Å². The van der Waals surface area contributed by atoms with Crippen molar-refractivity contribution >= 4 is 23.7 Å². The second kappa shape index (κ2) is 12.1. The Balaban J connectivity index is 0.00000253. The van der Waals surface area contributed by atoms with Crippen LogP contribution in [0.5, 0.6) is 0 Å². The fraction of sp³-hybridized carbons (Fsp3) is 0.824. The molecule has 0 bridgehead atoms. The Kier molecular flexibility index (Phi) is 10.5. The molecule has 5 aliphatic rings. The average Bonchev–Trinajstić information content (AvgIpc) is 2.86.